The van der Waals surface area contributed by atoms with Gasteiger partial charge in [-0.3, -0.25) is 4.57 Å². The number of rotatable bonds is 2. The van der Waals surface area contributed by atoms with Crippen molar-refractivity contribution in [2.24, 2.45) is 0 Å². The Morgan fingerprint density at radius 3 is 2.44 bits per heavy atom. The molecule has 2 aromatic rings. The Balaban J connectivity index is 2.59. The summed E-state index contributed by atoms with van der Waals surface area (Å²) in [6.45, 7) is 5.41. The SMILES string of the molecule is Cc1ccc(-n2cc(C)c(C(=O)O)c2C)o1. The maximum absolute atomic E-state index is 11.0. The predicted molar refractivity (Wildman–Crippen MR) is 59.2 cm³/mol. The summed E-state index contributed by atoms with van der Waals surface area (Å²) in [5.41, 5.74) is 1.76. The second-order valence-corrected chi connectivity index (χ2v) is 3.83. The van der Waals surface area contributed by atoms with E-state index in [0.29, 0.717) is 17.1 Å². The Hall–Kier alpha value is -1.97. The molecule has 0 saturated carbocycles. The minimum atomic E-state index is -0.906. The van der Waals surface area contributed by atoms with Gasteiger partial charge in [-0.15, -0.1) is 0 Å². The molecule has 2 aromatic heterocycles. The van der Waals surface area contributed by atoms with Crippen molar-refractivity contribution in [1.82, 2.24) is 4.57 Å². The average molecular weight is 219 g/mol. The molecule has 0 unspecified atom stereocenters. The van der Waals surface area contributed by atoms with Crippen molar-refractivity contribution in [2.45, 2.75) is 20.8 Å². The van der Waals surface area contributed by atoms with Crippen molar-refractivity contribution in [3.8, 4) is 5.88 Å². The number of hydrogen-bond donors (Lipinski definition) is 1. The van der Waals surface area contributed by atoms with E-state index in [1.807, 2.05) is 19.1 Å². The van der Waals surface area contributed by atoms with Gasteiger partial charge in [-0.25, -0.2) is 4.79 Å². The molecule has 1 N–H and O–H groups in total. The lowest BCUT2D eigenvalue weighted by molar-refractivity contribution is 0.0695. The first-order valence-corrected chi connectivity index (χ1v) is 4.99. The molecule has 0 atom stereocenters. The van der Waals surface area contributed by atoms with E-state index in [9.17, 15) is 4.79 Å². The molecule has 0 aromatic carbocycles. The second kappa shape index (κ2) is 3.56. The van der Waals surface area contributed by atoms with Crippen LogP contribution in [0.25, 0.3) is 5.88 Å². The summed E-state index contributed by atoms with van der Waals surface area (Å²) in [6, 6.07) is 3.68. The summed E-state index contributed by atoms with van der Waals surface area (Å²) in [4.78, 5) is 11.0. The lowest BCUT2D eigenvalue weighted by Crippen LogP contribution is -2.01. The maximum Gasteiger partial charge on any atom is 0.337 e. The molecule has 4 heteroatoms. The molecule has 2 heterocycles. The molecular weight excluding hydrogens is 206 g/mol. The van der Waals surface area contributed by atoms with Crippen LogP contribution in [0.15, 0.2) is 22.7 Å². The molecule has 0 bridgehead atoms. The Kier molecular flexibility index (Phi) is 2.34. The minimum absolute atomic E-state index is 0.342. The third-order valence-electron chi connectivity index (χ3n) is 2.62. The van der Waals surface area contributed by atoms with Crippen LogP contribution in [0.2, 0.25) is 0 Å². The highest BCUT2D eigenvalue weighted by Gasteiger charge is 2.17. The van der Waals surface area contributed by atoms with Gasteiger partial charge in [-0.2, -0.15) is 0 Å². The fourth-order valence-electron chi connectivity index (χ4n) is 1.86. The molecule has 4 nitrogen and oxygen atoms in total. The number of carboxylic acids is 1. The summed E-state index contributed by atoms with van der Waals surface area (Å²) in [6.07, 6.45) is 1.77. The number of furan rings is 1. The molecule has 0 saturated heterocycles. The van der Waals surface area contributed by atoms with E-state index in [4.69, 9.17) is 9.52 Å². The van der Waals surface area contributed by atoms with Crippen molar-refractivity contribution in [1.29, 1.82) is 0 Å². The second-order valence-electron chi connectivity index (χ2n) is 3.83. The molecule has 84 valence electrons. The number of hydrogen-bond acceptors (Lipinski definition) is 2. The average Bonchev–Trinajstić information content (AvgIpc) is 2.70. The predicted octanol–water partition coefficient (Wildman–Crippen LogP) is 2.69. The minimum Gasteiger partial charge on any atom is -0.478 e. The van der Waals surface area contributed by atoms with Crippen LogP contribution in [-0.4, -0.2) is 15.6 Å². The van der Waals surface area contributed by atoms with Gasteiger partial charge in [0.25, 0.3) is 0 Å². The van der Waals surface area contributed by atoms with E-state index in [0.717, 1.165) is 11.3 Å². The Morgan fingerprint density at radius 2 is 2.00 bits per heavy atom. The largest absolute Gasteiger partial charge is 0.478 e. The molecule has 0 amide bonds. The molecule has 0 spiro atoms. The number of carbonyl (C=O) groups is 1. The first-order valence-electron chi connectivity index (χ1n) is 4.99. The van der Waals surface area contributed by atoms with E-state index < -0.39 is 5.97 Å². The zero-order valence-electron chi connectivity index (χ0n) is 9.44. The van der Waals surface area contributed by atoms with Crippen molar-refractivity contribution in [3.05, 3.63) is 40.9 Å². The highest BCUT2D eigenvalue weighted by atomic mass is 16.4. The standard InChI is InChI=1S/C12H13NO3/c1-7-6-13(9(3)11(7)12(14)15)10-5-4-8(2)16-10/h4-6H,1-3H3,(H,14,15). The fraction of sp³-hybridized carbons (Fsp3) is 0.250. The molecular formula is C12H13NO3. The summed E-state index contributed by atoms with van der Waals surface area (Å²) in [7, 11) is 0. The van der Waals surface area contributed by atoms with Gasteiger partial charge in [0.2, 0.25) is 5.88 Å². The number of carboxylic acid groups (broad SMARTS) is 1. The van der Waals surface area contributed by atoms with Gasteiger partial charge < -0.3 is 9.52 Å². The number of aryl methyl sites for hydroxylation is 2. The van der Waals surface area contributed by atoms with Crippen LogP contribution in [0.4, 0.5) is 0 Å². The van der Waals surface area contributed by atoms with Gasteiger partial charge in [-0.1, -0.05) is 0 Å². The molecule has 0 fully saturated rings. The third-order valence-corrected chi connectivity index (χ3v) is 2.62. The van der Waals surface area contributed by atoms with Gasteiger partial charge in [0.1, 0.15) is 5.76 Å². The van der Waals surface area contributed by atoms with E-state index in [2.05, 4.69) is 0 Å². The van der Waals surface area contributed by atoms with Crippen molar-refractivity contribution < 1.29 is 14.3 Å². The quantitative estimate of drug-likeness (QED) is 0.844. The van der Waals surface area contributed by atoms with Crippen LogP contribution in [0.3, 0.4) is 0 Å². The van der Waals surface area contributed by atoms with Gasteiger partial charge in [0.15, 0.2) is 0 Å². The Bertz CT molecular complexity index is 549. The number of nitrogens with zero attached hydrogens (tertiary/aromatic N) is 1. The number of aromatic carboxylic acids is 1. The molecule has 16 heavy (non-hydrogen) atoms. The number of aromatic nitrogens is 1. The summed E-state index contributed by atoms with van der Waals surface area (Å²) in [5, 5.41) is 9.07. The summed E-state index contributed by atoms with van der Waals surface area (Å²) >= 11 is 0. The van der Waals surface area contributed by atoms with E-state index >= 15 is 0 Å². The third kappa shape index (κ3) is 1.52. The molecule has 0 radical (unpaired) electrons. The summed E-state index contributed by atoms with van der Waals surface area (Å²) < 4.78 is 7.22. The Labute approximate surface area is 93.1 Å². The summed E-state index contributed by atoms with van der Waals surface area (Å²) in [5.74, 6) is 0.542. The zero-order valence-corrected chi connectivity index (χ0v) is 9.44. The molecule has 0 aliphatic heterocycles. The highest BCUT2D eigenvalue weighted by molar-refractivity contribution is 5.91. The van der Waals surface area contributed by atoms with Crippen LogP contribution in [0, 0.1) is 20.8 Å². The van der Waals surface area contributed by atoms with E-state index in [-0.39, 0.29) is 0 Å². The van der Waals surface area contributed by atoms with E-state index in [1.165, 1.54) is 0 Å². The molecule has 0 aliphatic carbocycles. The monoisotopic (exact) mass is 219 g/mol. The van der Waals surface area contributed by atoms with Crippen LogP contribution in [-0.2, 0) is 0 Å². The van der Waals surface area contributed by atoms with Crippen LogP contribution < -0.4 is 0 Å². The maximum atomic E-state index is 11.0. The first-order chi connectivity index (χ1) is 7.50. The highest BCUT2D eigenvalue weighted by Crippen LogP contribution is 2.22. The lowest BCUT2D eigenvalue weighted by Gasteiger charge is -2.01. The molecule has 0 aliphatic rings. The fourth-order valence-corrected chi connectivity index (χ4v) is 1.86. The van der Waals surface area contributed by atoms with Crippen LogP contribution in [0.1, 0.15) is 27.4 Å². The topological polar surface area (TPSA) is 55.4 Å². The van der Waals surface area contributed by atoms with Gasteiger partial charge in [0, 0.05) is 18.0 Å². The van der Waals surface area contributed by atoms with Crippen LogP contribution >= 0.6 is 0 Å². The van der Waals surface area contributed by atoms with Crippen molar-refractivity contribution in [2.75, 3.05) is 0 Å². The van der Waals surface area contributed by atoms with Gasteiger partial charge >= 0.3 is 5.97 Å². The van der Waals surface area contributed by atoms with Gasteiger partial charge in [0.05, 0.1) is 5.56 Å². The van der Waals surface area contributed by atoms with E-state index in [1.54, 1.807) is 24.6 Å². The van der Waals surface area contributed by atoms with Crippen LogP contribution in [0.5, 0.6) is 0 Å². The normalized spacial score (nSPS) is 10.7. The Morgan fingerprint density at radius 1 is 1.31 bits per heavy atom. The molecule has 2 rings (SSSR count). The van der Waals surface area contributed by atoms with Crippen molar-refractivity contribution in [3.63, 3.8) is 0 Å². The van der Waals surface area contributed by atoms with Crippen molar-refractivity contribution >= 4 is 5.97 Å². The zero-order chi connectivity index (χ0) is 11.9. The first kappa shape index (κ1) is 10.5. The van der Waals surface area contributed by atoms with Gasteiger partial charge in [-0.05, 0) is 32.4 Å². The lowest BCUT2D eigenvalue weighted by atomic mass is 10.2. The smallest absolute Gasteiger partial charge is 0.337 e.